The molecule has 0 fully saturated rings. The van der Waals surface area contributed by atoms with Crippen LogP contribution in [0.2, 0.25) is 5.02 Å². The summed E-state index contributed by atoms with van der Waals surface area (Å²) in [7, 11) is 1.54. The average Bonchev–Trinajstić information content (AvgIpc) is 2.67. The van der Waals surface area contributed by atoms with Crippen molar-refractivity contribution < 1.29 is 9.53 Å². The molecular formula is C19H17ClN4O2. The number of aromatic nitrogens is 2. The Morgan fingerprint density at radius 3 is 2.81 bits per heavy atom. The molecule has 1 amide bonds. The zero-order valence-corrected chi connectivity index (χ0v) is 14.8. The zero-order valence-electron chi connectivity index (χ0n) is 14.1. The number of anilines is 2. The van der Waals surface area contributed by atoms with E-state index in [1.54, 1.807) is 48.9 Å². The summed E-state index contributed by atoms with van der Waals surface area (Å²) in [6, 6.07) is 12.2. The van der Waals surface area contributed by atoms with Gasteiger partial charge in [0.2, 0.25) is 0 Å². The van der Waals surface area contributed by atoms with Gasteiger partial charge in [-0.15, -0.1) is 0 Å². The van der Waals surface area contributed by atoms with Crippen LogP contribution in [0.3, 0.4) is 0 Å². The second-order valence-corrected chi connectivity index (χ2v) is 5.86. The Balaban J connectivity index is 1.67. The van der Waals surface area contributed by atoms with Crippen LogP contribution in [0, 0.1) is 0 Å². The van der Waals surface area contributed by atoms with Crippen LogP contribution in [0.4, 0.5) is 11.5 Å². The summed E-state index contributed by atoms with van der Waals surface area (Å²) in [5.74, 6) is 0.905. The zero-order chi connectivity index (χ0) is 18.4. The van der Waals surface area contributed by atoms with Crippen LogP contribution in [-0.4, -0.2) is 23.0 Å². The minimum Gasteiger partial charge on any atom is -0.495 e. The average molecular weight is 369 g/mol. The Labute approximate surface area is 156 Å². The number of benzene rings is 1. The van der Waals surface area contributed by atoms with Crippen molar-refractivity contribution in [1.29, 1.82) is 0 Å². The normalized spacial score (nSPS) is 10.2. The van der Waals surface area contributed by atoms with Crippen molar-refractivity contribution >= 4 is 29.0 Å². The molecule has 1 aromatic carbocycles. The van der Waals surface area contributed by atoms with Crippen LogP contribution < -0.4 is 15.4 Å². The number of hydrogen-bond acceptors (Lipinski definition) is 5. The fourth-order valence-corrected chi connectivity index (χ4v) is 2.57. The second-order valence-electron chi connectivity index (χ2n) is 5.45. The first-order chi connectivity index (χ1) is 12.7. The standard InChI is InChI=1S/C19H17ClN4O2/c1-26-17-5-4-15(10-16(17)20)24-19(25)14-6-8-22-18(9-14)23-12-13-3-2-7-21-11-13/h2-11H,12H2,1H3,(H,22,23)(H,24,25). The first-order valence-corrected chi connectivity index (χ1v) is 8.27. The number of rotatable bonds is 6. The van der Waals surface area contributed by atoms with Gasteiger partial charge < -0.3 is 15.4 Å². The highest BCUT2D eigenvalue weighted by atomic mass is 35.5. The van der Waals surface area contributed by atoms with Crippen LogP contribution in [0.1, 0.15) is 15.9 Å². The van der Waals surface area contributed by atoms with E-state index in [2.05, 4.69) is 20.6 Å². The Morgan fingerprint density at radius 2 is 2.08 bits per heavy atom. The number of carbonyl (C=O) groups is 1. The third-order valence-electron chi connectivity index (χ3n) is 3.63. The van der Waals surface area contributed by atoms with E-state index in [1.165, 1.54) is 7.11 Å². The van der Waals surface area contributed by atoms with Gasteiger partial charge in [-0.25, -0.2) is 4.98 Å². The number of hydrogen-bond donors (Lipinski definition) is 2. The molecule has 3 aromatic rings. The van der Waals surface area contributed by atoms with Gasteiger partial charge in [0.05, 0.1) is 12.1 Å². The predicted octanol–water partition coefficient (Wildman–Crippen LogP) is 4.00. The van der Waals surface area contributed by atoms with Crippen molar-refractivity contribution in [2.75, 3.05) is 17.7 Å². The minimum absolute atomic E-state index is 0.252. The summed E-state index contributed by atoms with van der Waals surface area (Å²) >= 11 is 6.08. The highest BCUT2D eigenvalue weighted by Crippen LogP contribution is 2.27. The number of methoxy groups -OCH3 is 1. The van der Waals surface area contributed by atoms with E-state index in [0.29, 0.717) is 34.4 Å². The fourth-order valence-electron chi connectivity index (χ4n) is 2.31. The van der Waals surface area contributed by atoms with Crippen molar-refractivity contribution in [3.05, 3.63) is 77.2 Å². The molecule has 2 heterocycles. The van der Waals surface area contributed by atoms with Crippen molar-refractivity contribution in [3.63, 3.8) is 0 Å². The van der Waals surface area contributed by atoms with Crippen LogP contribution >= 0.6 is 11.6 Å². The van der Waals surface area contributed by atoms with Crippen LogP contribution in [0.15, 0.2) is 61.1 Å². The maximum absolute atomic E-state index is 12.5. The molecule has 0 saturated heterocycles. The lowest BCUT2D eigenvalue weighted by atomic mass is 10.2. The lowest BCUT2D eigenvalue weighted by Crippen LogP contribution is -2.13. The van der Waals surface area contributed by atoms with Gasteiger partial charge in [-0.05, 0) is 42.0 Å². The topological polar surface area (TPSA) is 76.1 Å². The number of nitrogens with zero attached hydrogens (tertiary/aromatic N) is 2. The molecule has 0 spiro atoms. The molecule has 6 nitrogen and oxygen atoms in total. The fraction of sp³-hybridized carbons (Fsp3) is 0.105. The molecule has 0 saturated carbocycles. The Kier molecular flexibility index (Phi) is 5.66. The monoisotopic (exact) mass is 368 g/mol. The lowest BCUT2D eigenvalue weighted by molar-refractivity contribution is 0.102. The summed E-state index contributed by atoms with van der Waals surface area (Å²) in [6.07, 6.45) is 5.08. The molecule has 0 bridgehead atoms. The second kappa shape index (κ2) is 8.31. The van der Waals surface area contributed by atoms with Crippen LogP contribution in [0.25, 0.3) is 0 Å². The van der Waals surface area contributed by atoms with E-state index in [9.17, 15) is 4.79 Å². The summed E-state index contributed by atoms with van der Waals surface area (Å²) in [5, 5.41) is 6.41. The van der Waals surface area contributed by atoms with E-state index < -0.39 is 0 Å². The van der Waals surface area contributed by atoms with E-state index >= 15 is 0 Å². The van der Waals surface area contributed by atoms with Gasteiger partial charge in [-0.3, -0.25) is 9.78 Å². The number of pyridine rings is 2. The van der Waals surface area contributed by atoms with E-state index in [1.807, 2.05) is 12.1 Å². The smallest absolute Gasteiger partial charge is 0.255 e. The lowest BCUT2D eigenvalue weighted by Gasteiger charge is -2.09. The third-order valence-corrected chi connectivity index (χ3v) is 3.92. The van der Waals surface area contributed by atoms with Crippen molar-refractivity contribution in [1.82, 2.24) is 9.97 Å². The number of carbonyl (C=O) groups excluding carboxylic acids is 1. The molecule has 2 N–H and O–H groups in total. The number of amides is 1. The molecule has 0 atom stereocenters. The summed E-state index contributed by atoms with van der Waals surface area (Å²) in [6.45, 7) is 0.569. The third kappa shape index (κ3) is 4.49. The first kappa shape index (κ1) is 17.7. The number of halogens is 1. The van der Waals surface area contributed by atoms with Crippen LogP contribution in [0.5, 0.6) is 5.75 Å². The van der Waals surface area contributed by atoms with E-state index in [0.717, 1.165) is 5.56 Å². The Bertz CT molecular complexity index is 903. The van der Waals surface area contributed by atoms with Crippen molar-refractivity contribution in [2.24, 2.45) is 0 Å². The predicted molar refractivity (Wildman–Crippen MR) is 102 cm³/mol. The molecule has 7 heteroatoms. The highest BCUT2D eigenvalue weighted by Gasteiger charge is 2.09. The van der Waals surface area contributed by atoms with E-state index in [-0.39, 0.29) is 5.91 Å². The quantitative estimate of drug-likeness (QED) is 0.687. The number of nitrogens with one attached hydrogen (secondary N) is 2. The minimum atomic E-state index is -0.252. The maximum atomic E-state index is 12.5. The van der Waals surface area contributed by atoms with Gasteiger partial charge in [0.15, 0.2) is 0 Å². The molecule has 0 aliphatic carbocycles. The van der Waals surface area contributed by atoms with Gasteiger partial charge in [0.1, 0.15) is 11.6 Å². The summed E-state index contributed by atoms with van der Waals surface area (Å²) in [5.41, 5.74) is 2.10. The van der Waals surface area contributed by atoms with Gasteiger partial charge in [0, 0.05) is 36.4 Å². The maximum Gasteiger partial charge on any atom is 0.255 e. The van der Waals surface area contributed by atoms with Crippen molar-refractivity contribution in [3.8, 4) is 5.75 Å². The van der Waals surface area contributed by atoms with Crippen LogP contribution in [-0.2, 0) is 6.54 Å². The van der Waals surface area contributed by atoms with Gasteiger partial charge in [-0.2, -0.15) is 0 Å². The molecule has 2 aromatic heterocycles. The van der Waals surface area contributed by atoms with Gasteiger partial charge in [0.25, 0.3) is 5.91 Å². The Morgan fingerprint density at radius 1 is 1.19 bits per heavy atom. The molecule has 3 rings (SSSR count). The first-order valence-electron chi connectivity index (χ1n) is 7.89. The highest BCUT2D eigenvalue weighted by molar-refractivity contribution is 6.32. The molecule has 0 aliphatic rings. The van der Waals surface area contributed by atoms with Gasteiger partial charge in [-0.1, -0.05) is 17.7 Å². The SMILES string of the molecule is COc1ccc(NC(=O)c2ccnc(NCc3cccnc3)c2)cc1Cl. The molecular weight excluding hydrogens is 352 g/mol. The molecule has 132 valence electrons. The molecule has 0 unspecified atom stereocenters. The largest absolute Gasteiger partial charge is 0.495 e. The molecule has 0 aliphatic heterocycles. The number of ether oxygens (including phenoxy) is 1. The summed E-state index contributed by atoms with van der Waals surface area (Å²) < 4.78 is 5.10. The molecule has 26 heavy (non-hydrogen) atoms. The van der Waals surface area contributed by atoms with Gasteiger partial charge >= 0.3 is 0 Å². The Hall–Kier alpha value is -3.12. The van der Waals surface area contributed by atoms with Crippen molar-refractivity contribution in [2.45, 2.75) is 6.54 Å². The molecule has 0 radical (unpaired) electrons. The van der Waals surface area contributed by atoms with E-state index in [4.69, 9.17) is 16.3 Å². The summed E-state index contributed by atoms with van der Waals surface area (Å²) in [4.78, 5) is 20.8.